The molecule has 42 heavy (non-hydrogen) atoms. The number of aryl methyl sites for hydroxylation is 4. The van der Waals surface area contributed by atoms with E-state index in [2.05, 4.69) is 0 Å². The summed E-state index contributed by atoms with van der Waals surface area (Å²) < 4.78 is 1.82. The molecule has 0 atom stereocenters. The van der Waals surface area contributed by atoms with Gasteiger partial charge in [-0.25, -0.2) is 9.13 Å². The van der Waals surface area contributed by atoms with E-state index in [0.29, 0.717) is 22.3 Å². The highest BCUT2D eigenvalue weighted by atomic mass is 16.3. The highest BCUT2D eigenvalue weighted by Crippen LogP contribution is 2.29. The molecule has 4 aromatic carbocycles. The molecule has 2 N–H and O–H groups in total. The van der Waals surface area contributed by atoms with Gasteiger partial charge in [-0.3, -0.25) is 24.0 Å². The number of nitrogens with zero attached hydrogens (tertiary/aromatic N) is 2. The molecule has 208 valence electrons. The van der Waals surface area contributed by atoms with Crippen molar-refractivity contribution in [1.29, 1.82) is 0 Å². The van der Waals surface area contributed by atoms with Gasteiger partial charge in [-0.1, -0.05) is 30.3 Å². The molecule has 6 rings (SSSR count). The highest BCUT2D eigenvalue weighted by Gasteiger charge is 2.30. The minimum atomic E-state index is -0.854. The van der Waals surface area contributed by atoms with Crippen LogP contribution in [0.5, 0.6) is 11.5 Å². The minimum Gasteiger partial charge on any atom is -0.508 e. The van der Waals surface area contributed by atoms with E-state index in [1.54, 1.807) is 58.0 Å². The summed E-state index contributed by atoms with van der Waals surface area (Å²) in [4.78, 5) is 70.0. The first-order chi connectivity index (χ1) is 19.9. The number of hydrogen-bond acceptors (Lipinski definition) is 7. The summed E-state index contributed by atoms with van der Waals surface area (Å²) in [5, 5.41) is 19.1. The fourth-order valence-corrected chi connectivity index (χ4v) is 6.05. The lowest BCUT2D eigenvalue weighted by Gasteiger charge is -2.10. The Kier molecular flexibility index (Phi) is 5.86. The van der Waals surface area contributed by atoms with Crippen LogP contribution in [0.4, 0.5) is 0 Å². The molecule has 0 aliphatic carbocycles. The Morgan fingerprint density at radius 3 is 1.50 bits per heavy atom. The number of rotatable bonds is 4. The third kappa shape index (κ3) is 3.67. The SMILES string of the molecule is Cc1cc(O)cc(C)c1-n1c(=O)c2cc(C(=O)c3ccccc3)c3c(=O)n(-c4c(C)cc(O)cc4C)c(=O)c3c2c1=O. The number of fused-ring (bicyclic) bond motifs is 3. The zero-order valence-corrected chi connectivity index (χ0v) is 23.1. The standard InChI is InChI=1S/C33H24N2O7/c1-15-10-20(36)11-16(2)27(15)34-30(39)23-14-22(29(38)19-8-6-5-7-9-19)24-26(25(23)32(34)41)33(42)35(31(24)40)28-17(3)12-21(37)13-18(28)4/h5-14,36-37H,1-4H3. The molecule has 0 aliphatic heterocycles. The van der Waals surface area contributed by atoms with Gasteiger partial charge in [0.05, 0.1) is 32.9 Å². The molecule has 6 aromatic rings. The first kappa shape index (κ1) is 26.6. The normalized spacial score (nSPS) is 11.5. The number of carbonyl (C=O) groups excluding carboxylic acids is 1. The van der Waals surface area contributed by atoms with E-state index < -0.39 is 28.0 Å². The predicted molar refractivity (Wildman–Crippen MR) is 160 cm³/mol. The van der Waals surface area contributed by atoms with Gasteiger partial charge in [0.15, 0.2) is 5.78 Å². The first-order valence-electron chi connectivity index (χ1n) is 13.1. The van der Waals surface area contributed by atoms with Gasteiger partial charge in [0, 0.05) is 11.1 Å². The lowest BCUT2D eigenvalue weighted by molar-refractivity contribution is 0.104. The largest absolute Gasteiger partial charge is 0.508 e. The third-order valence-electron chi connectivity index (χ3n) is 7.69. The number of hydrogen-bond donors (Lipinski definition) is 2. The first-order valence-corrected chi connectivity index (χ1v) is 13.1. The van der Waals surface area contributed by atoms with E-state index in [1.165, 1.54) is 30.3 Å². The lowest BCUT2D eigenvalue weighted by Crippen LogP contribution is -2.26. The molecule has 0 fully saturated rings. The van der Waals surface area contributed by atoms with E-state index in [1.807, 2.05) is 0 Å². The second kappa shape index (κ2) is 9.24. The summed E-state index contributed by atoms with van der Waals surface area (Å²) in [7, 11) is 0. The highest BCUT2D eigenvalue weighted by molar-refractivity contribution is 6.22. The van der Waals surface area contributed by atoms with Gasteiger partial charge in [-0.2, -0.15) is 0 Å². The topological polar surface area (TPSA) is 136 Å². The molecule has 0 amide bonds. The third-order valence-corrected chi connectivity index (χ3v) is 7.69. The number of aromatic hydroxyl groups is 2. The lowest BCUT2D eigenvalue weighted by atomic mass is 9.96. The molecule has 9 heteroatoms. The van der Waals surface area contributed by atoms with Crippen molar-refractivity contribution in [3.8, 4) is 22.9 Å². The Bertz CT molecular complexity index is 2310. The van der Waals surface area contributed by atoms with E-state index in [0.717, 1.165) is 9.13 Å². The maximum absolute atomic E-state index is 14.2. The number of ketones is 1. The monoisotopic (exact) mass is 560 g/mol. The minimum absolute atomic E-state index is 0.0435. The summed E-state index contributed by atoms with van der Waals surface area (Å²) >= 11 is 0. The van der Waals surface area contributed by atoms with Crippen molar-refractivity contribution in [3.05, 3.63) is 135 Å². The van der Waals surface area contributed by atoms with Crippen molar-refractivity contribution < 1.29 is 15.0 Å². The van der Waals surface area contributed by atoms with Gasteiger partial charge < -0.3 is 10.2 Å². The van der Waals surface area contributed by atoms with Crippen molar-refractivity contribution in [2.24, 2.45) is 0 Å². The van der Waals surface area contributed by atoms with E-state index in [-0.39, 0.29) is 55.5 Å². The van der Waals surface area contributed by atoms with Crippen LogP contribution in [0.2, 0.25) is 0 Å². The number of phenolic OH excluding ortho intramolecular Hbond substituents is 2. The van der Waals surface area contributed by atoms with Crippen molar-refractivity contribution >= 4 is 27.3 Å². The van der Waals surface area contributed by atoms with Crippen molar-refractivity contribution in [2.75, 3.05) is 0 Å². The van der Waals surface area contributed by atoms with E-state index in [9.17, 15) is 34.2 Å². The molecule has 0 saturated heterocycles. The van der Waals surface area contributed by atoms with Crippen molar-refractivity contribution in [2.45, 2.75) is 27.7 Å². The van der Waals surface area contributed by atoms with Gasteiger partial charge in [-0.15, -0.1) is 0 Å². The van der Waals surface area contributed by atoms with E-state index in [4.69, 9.17) is 0 Å². The van der Waals surface area contributed by atoms with E-state index >= 15 is 0 Å². The van der Waals surface area contributed by atoms with Crippen LogP contribution < -0.4 is 22.2 Å². The molecule has 0 unspecified atom stereocenters. The van der Waals surface area contributed by atoms with Gasteiger partial charge in [-0.05, 0) is 80.3 Å². The Hall–Kier alpha value is -5.57. The zero-order chi connectivity index (χ0) is 30.2. The number of carbonyl (C=O) groups is 1. The Balaban J connectivity index is 1.85. The van der Waals surface area contributed by atoms with Crippen LogP contribution >= 0.6 is 0 Å². The fraction of sp³-hybridized carbons (Fsp3) is 0.121. The van der Waals surface area contributed by atoms with Gasteiger partial charge in [0.25, 0.3) is 22.2 Å². The number of aromatic nitrogens is 2. The molecule has 0 saturated carbocycles. The summed E-state index contributed by atoms with van der Waals surface area (Å²) in [6.45, 7) is 6.51. The maximum Gasteiger partial charge on any atom is 0.267 e. The van der Waals surface area contributed by atoms with Gasteiger partial charge >= 0.3 is 0 Å². The molecule has 0 radical (unpaired) electrons. The molecule has 0 aliphatic rings. The number of phenols is 2. The predicted octanol–water partition coefficient (Wildman–Crippen LogP) is 3.77. The average Bonchev–Trinajstić information content (AvgIpc) is 3.32. The molecule has 2 aromatic heterocycles. The molecule has 2 heterocycles. The van der Waals surface area contributed by atoms with Gasteiger partial charge in [0.2, 0.25) is 0 Å². The Morgan fingerprint density at radius 2 is 1.00 bits per heavy atom. The molecular weight excluding hydrogens is 536 g/mol. The van der Waals surface area contributed by atoms with Crippen LogP contribution in [-0.4, -0.2) is 25.1 Å². The molecule has 0 bridgehead atoms. The second-order valence-electron chi connectivity index (χ2n) is 10.5. The second-order valence-corrected chi connectivity index (χ2v) is 10.5. The molecular formula is C33H24N2O7. The summed E-state index contributed by atoms with van der Waals surface area (Å²) in [5.41, 5.74) is -0.997. The van der Waals surface area contributed by atoms with Crippen molar-refractivity contribution in [1.82, 2.24) is 9.13 Å². The summed E-state index contributed by atoms with van der Waals surface area (Å²) in [6.07, 6.45) is 0. The van der Waals surface area contributed by atoms with Crippen LogP contribution in [0.25, 0.3) is 32.9 Å². The van der Waals surface area contributed by atoms with Crippen LogP contribution in [0.15, 0.2) is 79.8 Å². The van der Waals surface area contributed by atoms with Crippen molar-refractivity contribution in [3.63, 3.8) is 0 Å². The van der Waals surface area contributed by atoms with Crippen LogP contribution in [0, 0.1) is 27.7 Å². The molecule has 0 spiro atoms. The van der Waals surface area contributed by atoms with Crippen LogP contribution in [0.3, 0.4) is 0 Å². The Labute approximate surface area is 237 Å². The Morgan fingerprint density at radius 1 is 0.571 bits per heavy atom. The van der Waals surface area contributed by atoms with Crippen LogP contribution in [-0.2, 0) is 0 Å². The van der Waals surface area contributed by atoms with Crippen LogP contribution in [0.1, 0.15) is 38.2 Å². The summed E-state index contributed by atoms with van der Waals surface area (Å²) in [6, 6.07) is 15.0. The fourth-order valence-electron chi connectivity index (χ4n) is 6.05. The summed E-state index contributed by atoms with van der Waals surface area (Å²) in [5.74, 6) is -0.687. The zero-order valence-electron chi connectivity index (χ0n) is 23.1. The average molecular weight is 561 g/mol. The number of benzene rings is 4. The van der Waals surface area contributed by atoms with Gasteiger partial charge in [0.1, 0.15) is 11.5 Å². The molecule has 9 nitrogen and oxygen atoms in total. The maximum atomic E-state index is 14.2. The smallest absolute Gasteiger partial charge is 0.267 e. The quantitative estimate of drug-likeness (QED) is 0.313.